The Balaban J connectivity index is 1.86. The van der Waals surface area contributed by atoms with E-state index < -0.39 is 0 Å². The Morgan fingerprint density at radius 2 is 2.11 bits per heavy atom. The summed E-state index contributed by atoms with van der Waals surface area (Å²) >= 11 is 2.36. The molecule has 1 fully saturated rings. The lowest BCUT2D eigenvalue weighted by Gasteiger charge is -2.29. The zero-order chi connectivity index (χ0) is 12.8. The molecule has 1 aromatic rings. The molecule has 1 saturated heterocycles. The van der Waals surface area contributed by atoms with Crippen LogP contribution in [0.3, 0.4) is 0 Å². The van der Waals surface area contributed by atoms with Gasteiger partial charge in [0.25, 0.3) is 0 Å². The first-order valence-electron chi connectivity index (χ1n) is 6.95. The largest absolute Gasteiger partial charge is 0.316 e. The average molecular weight is 358 g/mol. The van der Waals surface area contributed by atoms with E-state index in [2.05, 4.69) is 64.0 Å². The standard InChI is InChI=1S/C15H23IN2/c1-2-18(12-14-4-3-9-17-10-14)11-13-5-7-15(16)8-6-13/h5-8,14,17H,2-4,9-12H2,1H3. The monoisotopic (exact) mass is 358 g/mol. The fourth-order valence-corrected chi connectivity index (χ4v) is 2.96. The van der Waals surface area contributed by atoms with E-state index >= 15 is 0 Å². The second-order valence-electron chi connectivity index (χ2n) is 5.17. The molecule has 2 nitrogen and oxygen atoms in total. The highest BCUT2D eigenvalue weighted by Crippen LogP contribution is 2.14. The molecule has 0 spiro atoms. The molecule has 0 amide bonds. The number of nitrogens with zero attached hydrogens (tertiary/aromatic N) is 1. The SMILES string of the molecule is CCN(Cc1ccc(I)cc1)CC1CCCNC1. The molecule has 2 rings (SSSR count). The van der Waals surface area contributed by atoms with Crippen molar-refractivity contribution < 1.29 is 0 Å². The maximum atomic E-state index is 3.51. The van der Waals surface area contributed by atoms with Crippen LogP contribution in [0.4, 0.5) is 0 Å². The Morgan fingerprint density at radius 3 is 2.72 bits per heavy atom. The minimum atomic E-state index is 0.836. The summed E-state index contributed by atoms with van der Waals surface area (Å²) in [4.78, 5) is 2.57. The van der Waals surface area contributed by atoms with Crippen LogP contribution in [0.15, 0.2) is 24.3 Å². The van der Waals surface area contributed by atoms with Crippen LogP contribution in [0.2, 0.25) is 0 Å². The molecule has 100 valence electrons. The predicted octanol–water partition coefficient (Wildman–Crippen LogP) is 3.11. The van der Waals surface area contributed by atoms with Gasteiger partial charge >= 0.3 is 0 Å². The Kier molecular flexibility index (Phi) is 5.92. The molecule has 0 aromatic heterocycles. The van der Waals surface area contributed by atoms with Crippen molar-refractivity contribution in [2.24, 2.45) is 5.92 Å². The number of halogens is 1. The molecule has 1 aromatic carbocycles. The van der Waals surface area contributed by atoms with E-state index in [4.69, 9.17) is 0 Å². The summed E-state index contributed by atoms with van der Waals surface area (Å²) < 4.78 is 1.32. The second kappa shape index (κ2) is 7.46. The molecule has 1 atom stereocenters. The summed E-state index contributed by atoms with van der Waals surface area (Å²) in [5, 5.41) is 3.51. The van der Waals surface area contributed by atoms with Crippen molar-refractivity contribution in [3.05, 3.63) is 33.4 Å². The van der Waals surface area contributed by atoms with E-state index in [1.54, 1.807) is 0 Å². The first-order chi connectivity index (χ1) is 8.78. The van der Waals surface area contributed by atoms with Crippen molar-refractivity contribution in [1.82, 2.24) is 10.2 Å². The lowest BCUT2D eigenvalue weighted by atomic mass is 9.99. The highest BCUT2D eigenvalue weighted by atomic mass is 127. The zero-order valence-electron chi connectivity index (χ0n) is 11.2. The lowest BCUT2D eigenvalue weighted by Crippen LogP contribution is -2.38. The molecule has 0 saturated carbocycles. The first kappa shape index (κ1) is 14.3. The first-order valence-corrected chi connectivity index (χ1v) is 8.03. The molecular weight excluding hydrogens is 335 g/mol. The van der Waals surface area contributed by atoms with E-state index in [1.807, 2.05) is 0 Å². The highest BCUT2D eigenvalue weighted by molar-refractivity contribution is 14.1. The molecule has 0 aliphatic carbocycles. The van der Waals surface area contributed by atoms with Gasteiger partial charge in [-0.05, 0) is 78.7 Å². The molecule has 1 N–H and O–H groups in total. The van der Waals surface area contributed by atoms with Crippen LogP contribution < -0.4 is 5.32 Å². The third-order valence-corrected chi connectivity index (χ3v) is 4.40. The Morgan fingerprint density at radius 1 is 1.33 bits per heavy atom. The van der Waals surface area contributed by atoms with Crippen molar-refractivity contribution in [3.8, 4) is 0 Å². The maximum Gasteiger partial charge on any atom is 0.0233 e. The van der Waals surface area contributed by atoms with E-state index in [0.29, 0.717) is 0 Å². The summed E-state index contributed by atoms with van der Waals surface area (Å²) in [5.74, 6) is 0.836. The molecule has 1 heterocycles. The van der Waals surface area contributed by atoms with Gasteiger partial charge in [-0.15, -0.1) is 0 Å². The van der Waals surface area contributed by atoms with Crippen molar-refractivity contribution in [1.29, 1.82) is 0 Å². The van der Waals surface area contributed by atoms with Gasteiger partial charge in [0.05, 0.1) is 0 Å². The third kappa shape index (κ3) is 4.52. The quantitative estimate of drug-likeness (QED) is 0.814. The number of nitrogens with one attached hydrogen (secondary N) is 1. The van der Waals surface area contributed by atoms with Crippen molar-refractivity contribution >= 4 is 22.6 Å². The summed E-state index contributed by atoms with van der Waals surface area (Å²) in [6, 6.07) is 8.91. The average Bonchev–Trinajstić information content (AvgIpc) is 2.41. The van der Waals surface area contributed by atoms with Crippen LogP contribution in [0, 0.1) is 9.49 Å². The topological polar surface area (TPSA) is 15.3 Å². The second-order valence-corrected chi connectivity index (χ2v) is 6.41. The molecule has 1 aliphatic heterocycles. The molecule has 1 unspecified atom stereocenters. The van der Waals surface area contributed by atoms with Crippen LogP contribution in [0.5, 0.6) is 0 Å². The van der Waals surface area contributed by atoms with Gasteiger partial charge in [0, 0.05) is 16.7 Å². The fraction of sp³-hybridized carbons (Fsp3) is 0.600. The number of rotatable bonds is 5. The maximum absolute atomic E-state index is 3.51. The molecule has 18 heavy (non-hydrogen) atoms. The van der Waals surface area contributed by atoms with Gasteiger partial charge in [0.15, 0.2) is 0 Å². The summed E-state index contributed by atoms with van der Waals surface area (Å²) in [7, 11) is 0. The Bertz CT molecular complexity index is 344. The minimum Gasteiger partial charge on any atom is -0.316 e. The van der Waals surface area contributed by atoms with E-state index in [1.165, 1.54) is 41.6 Å². The fourth-order valence-electron chi connectivity index (χ4n) is 2.60. The van der Waals surface area contributed by atoms with Gasteiger partial charge in [0.1, 0.15) is 0 Å². The van der Waals surface area contributed by atoms with Crippen LogP contribution in [-0.4, -0.2) is 31.1 Å². The zero-order valence-corrected chi connectivity index (χ0v) is 13.3. The van der Waals surface area contributed by atoms with E-state index in [9.17, 15) is 0 Å². The van der Waals surface area contributed by atoms with Crippen LogP contribution in [0.1, 0.15) is 25.3 Å². The van der Waals surface area contributed by atoms with Crippen molar-refractivity contribution in [2.75, 3.05) is 26.2 Å². The summed E-state index contributed by atoms with van der Waals surface area (Å²) in [6.07, 6.45) is 2.72. The molecular formula is C15H23IN2. The summed E-state index contributed by atoms with van der Waals surface area (Å²) in [5.41, 5.74) is 1.43. The molecule has 0 radical (unpaired) electrons. The normalized spacial score (nSPS) is 20.3. The molecule has 3 heteroatoms. The Labute approximate surface area is 124 Å². The van der Waals surface area contributed by atoms with Gasteiger partial charge in [-0.1, -0.05) is 19.1 Å². The van der Waals surface area contributed by atoms with Crippen molar-refractivity contribution in [3.63, 3.8) is 0 Å². The van der Waals surface area contributed by atoms with Crippen LogP contribution >= 0.6 is 22.6 Å². The lowest BCUT2D eigenvalue weighted by molar-refractivity contribution is 0.209. The third-order valence-electron chi connectivity index (χ3n) is 3.68. The van der Waals surface area contributed by atoms with Crippen LogP contribution in [0.25, 0.3) is 0 Å². The van der Waals surface area contributed by atoms with Gasteiger partial charge in [-0.25, -0.2) is 0 Å². The number of benzene rings is 1. The van der Waals surface area contributed by atoms with Gasteiger partial charge in [-0.3, -0.25) is 4.90 Å². The summed E-state index contributed by atoms with van der Waals surface area (Å²) in [6.45, 7) is 8.13. The predicted molar refractivity (Wildman–Crippen MR) is 85.7 cm³/mol. The number of hydrogen-bond donors (Lipinski definition) is 1. The number of hydrogen-bond acceptors (Lipinski definition) is 2. The van der Waals surface area contributed by atoms with Crippen LogP contribution in [-0.2, 0) is 6.54 Å². The van der Waals surface area contributed by atoms with E-state index in [-0.39, 0.29) is 0 Å². The van der Waals surface area contributed by atoms with E-state index in [0.717, 1.165) is 19.0 Å². The number of piperidine rings is 1. The van der Waals surface area contributed by atoms with Gasteiger partial charge < -0.3 is 5.32 Å². The molecule has 1 aliphatic rings. The van der Waals surface area contributed by atoms with Gasteiger partial charge in [-0.2, -0.15) is 0 Å². The smallest absolute Gasteiger partial charge is 0.0233 e. The minimum absolute atomic E-state index is 0.836. The molecule has 0 bridgehead atoms. The van der Waals surface area contributed by atoms with Crippen molar-refractivity contribution in [2.45, 2.75) is 26.3 Å². The highest BCUT2D eigenvalue weighted by Gasteiger charge is 2.16. The van der Waals surface area contributed by atoms with Gasteiger partial charge in [0.2, 0.25) is 0 Å². The Hall–Kier alpha value is -0.130.